The third-order valence-corrected chi connectivity index (χ3v) is 4.78. The summed E-state index contributed by atoms with van der Waals surface area (Å²) in [5.41, 5.74) is 1.34. The molecule has 24 heavy (non-hydrogen) atoms. The van der Waals surface area contributed by atoms with Gasteiger partial charge in [-0.15, -0.1) is 5.10 Å². The lowest BCUT2D eigenvalue weighted by Gasteiger charge is -2.32. The van der Waals surface area contributed by atoms with E-state index < -0.39 is 0 Å². The van der Waals surface area contributed by atoms with E-state index >= 15 is 0 Å². The van der Waals surface area contributed by atoms with E-state index in [1.54, 1.807) is 12.3 Å². The molecule has 2 heterocycles. The zero-order valence-corrected chi connectivity index (χ0v) is 14.3. The van der Waals surface area contributed by atoms with Crippen LogP contribution in [0.3, 0.4) is 0 Å². The Balaban J connectivity index is 1.73. The molecule has 7 nitrogen and oxygen atoms in total. The highest BCUT2D eigenvalue weighted by Gasteiger charge is 2.21. The molecular weight excluding hydrogens is 326 g/mol. The third kappa shape index (κ3) is 4.01. The minimum Gasteiger partial charge on any atom is -0.336 e. The predicted molar refractivity (Wildman–Crippen MR) is 95.5 cm³/mol. The molecule has 3 rings (SSSR count). The molecule has 1 aromatic rings. The molecule has 2 saturated heterocycles. The molecule has 2 fully saturated rings. The highest BCUT2D eigenvalue weighted by molar-refractivity contribution is 8.15. The number of hydrogen-bond donors (Lipinski definition) is 1. The lowest BCUT2D eigenvalue weighted by Crippen LogP contribution is -2.47. The molecule has 2 aliphatic heterocycles. The van der Waals surface area contributed by atoms with Crippen molar-refractivity contribution >= 4 is 35.0 Å². The van der Waals surface area contributed by atoms with E-state index in [1.165, 1.54) is 11.8 Å². The molecule has 1 N–H and O–H groups in total. The Morgan fingerprint density at radius 3 is 2.71 bits per heavy atom. The molecule has 126 valence electrons. The largest absolute Gasteiger partial charge is 0.336 e. The highest BCUT2D eigenvalue weighted by atomic mass is 32.2. The van der Waals surface area contributed by atoms with Crippen LogP contribution >= 0.6 is 11.8 Å². The summed E-state index contributed by atoms with van der Waals surface area (Å²) in [6.07, 6.45) is 1.56. The highest BCUT2D eigenvalue weighted by Crippen LogP contribution is 2.13. The van der Waals surface area contributed by atoms with Crippen LogP contribution in [0.25, 0.3) is 0 Å². The van der Waals surface area contributed by atoms with Gasteiger partial charge in [-0.2, -0.15) is 5.10 Å². The van der Waals surface area contributed by atoms with Crippen molar-refractivity contribution in [2.45, 2.75) is 0 Å². The number of amidine groups is 1. The van der Waals surface area contributed by atoms with Gasteiger partial charge in [0.1, 0.15) is 0 Å². The Labute approximate surface area is 144 Å². The summed E-state index contributed by atoms with van der Waals surface area (Å²) >= 11 is 1.31. The van der Waals surface area contributed by atoms with Crippen molar-refractivity contribution < 1.29 is 9.59 Å². The van der Waals surface area contributed by atoms with Crippen LogP contribution in [0.2, 0.25) is 0 Å². The number of thioether (sulfide) groups is 1. The van der Waals surface area contributed by atoms with Crippen LogP contribution in [0.15, 0.2) is 34.5 Å². The lowest BCUT2D eigenvalue weighted by atomic mass is 10.1. The first-order valence-corrected chi connectivity index (χ1v) is 8.72. The number of amides is 2. The van der Waals surface area contributed by atoms with E-state index in [4.69, 9.17) is 0 Å². The van der Waals surface area contributed by atoms with E-state index in [9.17, 15) is 9.59 Å². The Morgan fingerprint density at radius 2 is 2.00 bits per heavy atom. The molecule has 0 spiro atoms. The minimum absolute atomic E-state index is 0.0151. The number of benzene rings is 1. The second kappa shape index (κ2) is 7.59. The minimum atomic E-state index is -0.0698. The third-order valence-electron chi connectivity index (χ3n) is 3.91. The van der Waals surface area contributed by atoms with Gasteiger partial charge in [0.2, 0.25) is 5.91 Å². The number of rotatable bonds is 3. The molecule has 0 aliphatic carbocycles. The van der Waals surface area contributed by atoms with Crippen molar-refractivity contribution in [3.8, 4) is 0 Å². The van der Waals surface area contributed by atoms with E-state index in [0.29, 0.717) is 16.5 Å². The number of carbonyl (C=O) groups is 2. The second-order valence-corrected chi connectivity index (χ2v) is 6.63. The topological polar surface area (TPSA) is 77.4 Å². The molecule has 0 saturated carbocycles. The lowest BCUT2D eigenvalue weighted by molar-refractivity contribution is -0.116. The Kier molecular flexibility index (Phi) is 5.27. The smallest absolute Gasteiger partial charge is 0.254 e. The van der Waals surface area contributed by atoms with Crippen LogP contribution in [0.5, 0.6) is 0 Å². The molecule has 1 aromatic carbocycles. The number of hydrogen-bond acceptors (Lipinski definition) is 6. The van der Waals surface area contributed by atoms with Crippen LogP contribution in [-0.4, -0.2) is 72.0 Å². The van der Waals surface area contributed by atoms with Crippen LogP contribution in [-0.2, 0) is 4.79 Å². The Hall–Kier alpha value is -2.19. The molecule has 8 heteroatoms. The van der Waals surface area contributed by atoms with Gasteiger partial charge in [-0.3, -0.25) is 9.59 Å². The summed E-state index contributed by atoms with van der Waals surface area (Å²) in [6, 6.07) is 7.36. The van der Waals surface area contributed by atoms with E-state index in [-0.39, 0.29) is 11.8 Å². The van der Waals surface area contributed by atoms with E-state index in [2.05, 4.69) is 27.5 Å². The maximum atomic E-state index is 12.7. The number of nitrogens with zero attached hydrogens (tertiary/aromatic N) is 4. The van der Waals surface area contributed by atoms with Crippen LogP contribution < -0.4 is 5.32 Å². The van der Waals surface area contributed by atoms with Crippen molar-refractivity contribution in [3.05, 3.63) is 35.4 Å². The Morgan fingerprint density at radius 1 is 1.25 bits per heavy atom. The first kappa shape index (κ1) is 16.7. The van der Waals surface area contributed by atoms with Gasteiger partial charge in [-0.1, -0.05) is 30.0 Å². The van der Waals surface area contributed by atoms with Crippen molar-refractivity contribution in [3.63, 3.8) is 0 Å². The molecule has 0 unspecified atom stereocenters. The summed E-state index contributed by atoms with van der Waals surface area (Å²) in [4.78, 5) is 27.9. The first-order valence-electron chi connectivity index (χ1n) is 7.74. The SMILES string of the molecule is CN1CCN(C(=O)c2ccccc2C=NN=C2NC(=O)CS2)CC1. The molecule has 0 bridgehead atoms. The Bertz CT molecular complexity index is 695. The molecule has 0 aromatic heterocycles. The quantitative estimate of drug-likeness (QED) is 0.644. The van der Waals surface area contributed by atoms with Gasteiger partial charge in [0, 0.05) is 37.3 Å². The fraction of sp³-hybridized carbons (Fsp3) is 0.375. The van der Waals surface area contributed by atoms with E-state index in [0.717, 1.165) is 31.7 Å². The van der Waals surface area contributed by atoms with Gasteiger partial charge in [0.15, 0.2) is 5.17 Å². The van der Waals surface area contributed by atoms with Gasteiger partial charge >= 0.3 is 0 Å². The van der Waals surface area contributed by atoms with Gasteiger partial charge in [-0.05, 0) is 13.1 Å². The average molecular weight is 345 g/mol. The van der Waals surface area contributed by atoms with Crippen LogP contribution in [0.1, 0.15) is 15.9 Å². The first-order chi connectivity index (χ1) is 11.6. The molecule has 0 atom stereocenters. The van der Waals surface area contributed by atoms with Crippen LogP contribution in [0.4, 0.5) is 0 Å². The number of likely N-dealkylation sites (N-methyl/N-ethyl adjacent to an activating group) is 1. The summed E-state index contributed by atoms with van der Waals surface area (Å²) in [5.74, 6) is 0.313. The van der Waals surface area contributed by atoms with Gasteiger partial charge in [0.05, 0.1) is 12.0 Å². The number of piperazine rings is 1. The van der Waals surface area contributed by atoms with Crippen molar-refractivity contribution in [2.75, 3.05) is 39.0 Å². The summed E-state index contributed by atoms with van der Waals surface area (Å²) in [5, 5.41) is 11.1. The van der Waals surface area contributed by atoms with Crippen molar-refractivity contribution in [1.29, 1.82) is 0 Å². The molecule has 2 amide bonds. The van der Waals surface area contributed by atoms with Crippen molar-refractivity contribution in [1.82, 2.24) is 15.1 Å². The monoisotopic (exact) mass is 345 g/mol. The summed E-state index contributed by atoms with van der Waals surface area (Å²) in [7, 11) is 2.06. The van der Waals surface area contributed by atoms with Gasteiger partial charge in [-0.25, -0.2) is 0 Å². The number of carbonyl (C=O) groups excluding carboxylic acids is 2. The van der Waals surface area contributed by atoms with E-state index in [1.807, 2.05) is 23.1 Å². The van der Waals surface area contributed by atoms with Gasteiger partial charge in [0.25, 0.3) is 5.91 Å². The normalized spacial score (nSPS) is 20.8. The van der Waals surface area contributed by atoms with Gasteiger partial charge < -0.3 is 15.1 Å². The summed E-state index contributed by atoms with van der Waals surface area (Å²) < 4.78 is 0. The summed E-state index contributed by atoms with van der Waals surface area (Å²) in [6.45, 7) is 3.22. The van der Waals surface area contributed by atoms with Crippen LogP contribution in [0, 0.1) is 0 Å². The second-order valence-electron chi connectivity index (χ2n) is 5.67. The molecule has 0 radical (unpaired) electrons. The average Bonchev–Trinajstić information content (AvgIpc) is 3.01. The maximum absolute atomic E-state index is 12.7. The zero-order chi connectivity index (χ0) is 16.9. The fourth-order valence-corrected chi connectivity index (χ4v) is 3.14. The molecular formula is C16H19N5O2S. The standard InChI is InChI=1S/C16H19N5O2S/c1-20-6-8-21(9-7-20)15(23)13-5-3-2-4-12(13)10-17-19-16-18-14(22)11-24-16/h2-5,10H,6-9,11H2,1H3,(H,18,19,22). The number of nitrogens with one attached hydrogen (secondary N) is 1. The maximum Gasteiger partial charge on any atom is 0.254 e. The fourth-order valence-electron chi connectivity index (χ4n) is 2.51. The van der Waals surface area contributed by atoms with Crippen molar-refractivity contribution in [2.24, 2.45) is 10.2 Å². The zero-order valence-electron chi connectivity index (χ0n) is 13.4. The molecule has 2 aliphatic rings. The predicted octanol–water partition coefficient (Wildman–Crippen LogP) is 0.627.